The maximum absolute atomic E-state index is 14.1. The van der Waals surface area contributed by atoms with Crippen LogP contribution in [0, 0.1) is 17.0 Å². The number of sulfone groups is 1. The second-order valence-electron chi connectivity index (χ2n) is 6.63. The molecule has 31 heavy (non-hydrogen) atoms. The molecule has 0 bridgehead atoms. The van der Waals surface area contributed by atoms with E-state index in [1.54, 1.807) is 0 Å². The van der Waals surface area contributed by atoms with Gasteiger partial charge in [0.25, 0.3) is 10.0 Å². The third kappa shape index (κ3) is 4.72. The van der Waals surface area contributed by atoms with Crippen LogP contribution in [0.1, 0.15) is 11.1 Å². The fraction of sp³-hybridized carbons (Fsp3) is 0.0500. The first kappa shape index (κ1) is 22.4. The van der Waals surface area contributed by atoms with Crippen molar-refractivity contribution in [2.24, 2.45) is 0 Å². The lowest BCUT2D eigenvalue weighted by atomic mass is 10.00. The van der Waals surface area contributed by atoms with Crippen LogP contribution < -0.4 is 10.5 Å². The third-order valence-corrected chi connectivity index (χ3v) is 7.04. The molecule has 0 unspecified atom stereocenters. The van der Waals surface area contributed by atoms with Gasteiger partial charge in [0.05, 0.1) is 10.6 Å². The lowest BCUT2D eigenvalue weighted by Gasteiger charge is -2.14. The summed E-state index contributed by atoms with van der Waals surface area (Å²) >= 11 is 0. The van der Waals surface area contributed by atoms with Crippen molar-refractivity contribution in [1.29, 1.82) is 5.41 Å². The van der Waals surface area contributed by atoms with Crippen molar-refractivity contribution < 1.29 is 25.6 Å². The Balaban J connectivity index is 2.02. The van der Waals surface area contributed by atoms with Gasteiger partial charge in [0.1, 0.15) is 16.5 Å². The first-order valence-corrected chi connectivity index (χ1v) is 12.0. The minimum absolute atomic E-state index is 0.00195. The summed E-state index contributed by atoms with van der Waals surface area (Å²) in [6.07, 6.45) is 0.890. The van der Waals surface area contributed by atoms with Gasteiger partial charge in [-0.3, -0.25) is 10.1 Å². The van der Waals surface area contributed by atoms with E-state index >= 15 is 0 Å². The number of sulfonamides is 1. The van der Waals surface area contributed by atoms with Crippen LogP contribution in [0.4, 0.5) is 20.2 Å². The van der Waals surface area contributed by atoms with Crippen molar-refractivity contribution in [2.75, 3.05) is 16.7 Å². The predicted octanol–water partition coefficient (Wildman–Crippen LogP) is 3.17. The molecule has 0 aliphatic heterocycles. The number of hydrogen-bond donors (Lipinski definition) is 3. The molecule has 7 nitrogen and oxygen atoms in total. The molecule has 0 atom stereocenters. The lowest BCUT2D eigenvalue weighted by Crippen LogP contribution is -2.17. The van der Waals surface area contributed by atoms with Gasteiger partial charge < -0.3 is 5.73 Å². The first-order chi connectivity index (χ1) is 14.4. The maximum Gasteiger partial charge on any atom is 0.263 e. The highest BCUT2D eigenvalue weighted by molar-refractivity contribution is 7.95. The van der Waals surface area contributed by atoms with Crippen molar-refractivity contribution in [3.05, 3.63) is 83.4 Å². The van der Waals surface area contributed by atoms with Crippen molar-refractivity contribution in [3.63, 3.8) is 0 Å². The van der Waals surface area contributed by atoms with Gasteiger partial charge in [-0.15, -0.1) is 0 Å². The summed E-state index contributed by atoms with van der Waals surface area (Å²) in [6.45, 7) is 0. The van der Waals surface area contributed by atoms with Crippen LogP contribution in [0.25, 0.3) is 0 Å². The van der Waals surface area contributed by atoms with Crippen LogP contribution in [0.3, 0.4) is 0 Å². The largest absolute Gasteiger partial charge is 0.398 e. The van der Waals surface area contributed by atoms with Gasteiger partial charge in [-0.2, -0.15) is 0 Å². The number of hydrogen-bond acceptors (Lipinski definition) is 6. The number of nitrogens with one attached hydrogen (secondary N) is 2. The van der Waals surface area contributed by atoms with Crippen LogP contribution >= 0.6 is 0 Å². The van der Waals surface area contributed by atoms with Gasteiger partial charge in [0, 0.05) is 34.8 Å². The van der Waals surface area contributed by atoms with E-state index in [0.29, 0.717) is 6.07 Å². The second-order valence-corrected chi connectivity index (χ2v) is 10.3. The Morgan fingerprint density at radius 2 is 1.55 bits per heavy atom. The van der Waals surface area contributed by atoms with E-state index in [2.05, 4.69) is 4.72 Å². The van der Waals surface area contributed by atoms with Gasteiger partial charge in [-0.1, -0.05) is 12.1 Å². The van der Waals surface area contributed by atoms with Crippen LogP contribution in [-0.2, 0) is 19.9 Å². The molecule has 162 valence electrons. The molecular formula is C20H17F2N3O4S2. The fourth-order valence-corrected chi connectivity index (χ4v) is 5.54. The number of halogens is 2. The highest BCUT2D eigenvalue weighted by atomic mass is 32.2. The molecule has 4 N–H and O–H groups in total. The molecule has 0 radical (unpaired) electrons. The van der Waals surface area contributed by atoms with E-state index in [-0.39, 0.29) is 33.1 Å². The summed E-state index contributed by atoms with van der Waals surface area (Å²) in [6, 6.07) is 11.6. The van der Waals surface area contributed by atoms with E-state index in [1.807, 2.05) is 0 Å². The number of benzene rings is 3. The molecule has 0 aliphatic rings. The number of anilines is 2. The highest BCUT2D eigenvalue weighted by Crippen LogP contribution is 2.27. The minimum atomic E-state index is -4.32. The molecule has 3 rings (SSSR count). The Labute approximate surface area is 178 Å². The molecule has 11 heteroatoms. The zero-order chi connectivity index (χ0) is 23.0. The van der Waals surface area contributed by atoms with Crippen molar-refractivity contribution in [2.45, 2.75) is 9.79 Å². The average Bonchev–Trinajstić information content (AvgIpc) is 2.68. The molecule has 3 aromatic rings. The van der Waals surface area contributed by atoms with E-state index in [4.69, 9.17) is 11.1 Å². The number of nitrogen functional groups attached to an aromatic ring is 1. The molecule has 0 aliphatic carbocycles. The van der Waals surface area contributed by atoms with E-state index in [9.17, 15) is 25.6 Å². The number of rotatable bonds is 6. The molecule has 0 aromatic heterocycles. The van der Waals surface area contributed by atoms with Gasteiger partial charge in [-0.05, 0) is 42.5 Å². The number of nitrogens with two attached hydrogens (primary N) is 1. The summed E-state index contributed by atoms with van der Waals surface area (Å²) in [5.74, 6) is -1.79. The molecule has 0 heterocycles. The average molecular weight is 466 g/mol. The third-order valence-electron chi connectivity index (χ3n) is 4.31. The van der Waals surface area contributed by atoms with Crippen LogP contribution in [0.5, 0.6) is 0 Å². The SMILES string of the molecule is CS(=O)(=O)c1ccccc1S(=O)(=O)Nc1ccc(N)c(C(=N)c2ccc(F)cc2F)c1. The van der Waals surface area contributed by atoms with Crippen LogP contribution in [-0.4, -0.2) is 28.8 Å². The standard InChI is InChI=1S/C20H17F2N3O4S2/c1-30(26,27)18-4-2-3-5-19(18)31(28,29)25-13-7-9-17(23)15(11-13)20(24)14-8-6-12(21)10-16(14)22/h2-11,24-25H,23H2,1H3. The molecule has 0 spiro atoms. The summed E-state index contributed by atoms with van der Waals surface area (Å²) in [5, 5.41) is 8.23. The molecule has 0 fully saturated rings. The Kier molecular flexibility index (Phi) is 5.83. The van der Waals surface area contributed by atoms with Crippen LogP contribution in [0.15, 0.2) is 70.5 Å². The summed E-state index contributed by atoms with van der Waals surface area (Å²) in [7, 11) is -8.15. The molecule has 0 saturated carbocycles. The lowest BCUT2D eigenvalue weighted by molar-refractivity contribution is 0.581. The summed E-state index contributed by atoms with van der Waals surface area (Å²) in [5.41, 5.74) is 5.30. The summed E-state index contributed by atoms with van der Waals surface area (Å²) in [4.78, 5) is -0.824. The van der Waals surface area contributed by atoms with E-state index < -0.39 is 36.4 Å². The second kappa shape index (κ2) is 8.08. The minimum Gasteiger partial charge on any atom is -0.398 e. The van der Waals surface area contributed by atoms with Gasteiger partial charge >= 0.3 is 0 Å². The highest BCUT2D eigenvalue weighted by Gasteiger charge is 2.24. The topological polar surface area (TPSA) is 130 Å². The van der Waals surface area contributed by atoms with Crippen molar-refractivity contribution >= 4 is 36.9 Å². The van der Waals surface area contributed by atoms with Crippen LogP contribution in [0.2, 0.25) is 0 Å². The monoisotopic (exact) mass is 465 g/mol. The van der Waals surface area contributed by atoms with Gasteiger partial charge in [-0.25, -0.2) is 25.6 Å². The van der Waals surface area contributed by atoms with Gasteiger partial charge in [0.15, 0.2) is 9.84 Å². The van der Waals surface area contributed by atoms with Gasteiger partial charge in [0.2, 0.25) is 0 Å². The zero-order valence-corrected chi connectivity index (χ0v) is 17.7. The Morgan fingerprint density at radius 1 is 0.903 bits per heavy atom. The van der Waals surface area contributed by atoms with E-state index in [1.165, 1.54) is 36.4 Å². The Morgan fingerprint density at radius 3 is 2.16 bits per heavy atom. The Hall–Kier alpha value is -3.31. The Bertz CT molecular complexity index is 1410. The molecular weight excluding hydrogens is 448 g/mol. The van der Waals surface area contributed by atoms with Crippen molar-refractivity contribution in [1.82, 2.24) is 0 Å². The maximum atomic E-state index is 14.1. The first-order valence-electron chi connectivity index (χ1n) is 8.66. The molecule has 3 aromatic carbocycles. The molecule has 0 amide bonds. The zero-order valence-electron chi connectivity index (χ0n) is 16.1. The predicted molar refractivity (Wildman–Crippen MR) is 114 cm³/mol. The van der Waals surface area contributed by atoms with E-state index in [0.717, 1.165) is 24.5 Å². The smallest absolute Gasteiger partial charge is 0.263 e. The normalized spacial score (nSPS) is 11.8. The quantitative estimate of drug-likeness (QED) is 0.380. The fourth-order valence-electron chi connectivity index (χ4n) is 2.86. The molecule has 0 saturated heterocycles. The summed E-state index contributed by atoms with van der Waals surface area (Å²) < 4.78 is 79.1. The van der Waals surface area contributed by atoms with Crippen molar-refractivity contribution in [3.8, 4) is 0 Å².